The average Bonchev–Trinajstić information content (AvgIpc) is 2.97. The molecular weight excluding hydrogens is 348 g/mol. The van der Waals surface area contributed by atoms with Crippen LogP contribution in [0.25, 0.3) is 0 Å². The zero-order valence-electron chi connectivity index (χ0n) is 11.7. The van der Waals surface area contributed by atoms with Crippen molar-refractivity contribution in [1.29, 1.82) is 0 Å². The zero-order chi connectivity index (χ0) is 15.3. The van der Waals surface area contributed by atoms with Crippen LogP contribution in [0, 0.1) is 17.6 Å². The van der Waals surface area contributed by atoms with Crippen molar-refractivity contribution in [2.45, 2.75) is 18.4 Å². The normalized spacial score (nSPS) is 25.5. The first-order valence-electron chi connectivity index (χ1n) is 7.31. The van der Waals surface area contributed by atoms with E-state index in [1.54, 1.807) is 0 Å². The second kappa shape index (κ2) is 5.20. The molecule has 112 valence electrons. The Hall–Kier alpha value is -1.68. The Morgan fingerprint density at radius 1 is 1.09 bits per heavy atom. The summed E-state index contributed by atoms with van der Waals surface area (Å²) in [5, 5.41) is 3.31. The lowest BCUT2D eigenvalue weighted by atomic mass is 9.77. The summed E-state index contributed by atoms with van der Waals surface area (Å²) in [4.78, 5) is 0. The van der Waals surface area contributed by atoms with E-state index in [9.17, 15) is 8.78 Å². The summed E-state index contributed by atoms with van der Waals surface area (Å²) in [5.74, 6) is -0.715. The summed E-state index contributed by atoms with van der Waals surface area (Å²) in [6.07, 6.45) is 5.09. The first-order valence-corrected chi connectivity index (χ1v) is 8.11. The number of fused-ring (bicyclic) bond motifs is 3. The molecule has 1 aliphatic carbocycles. The van der Waals surface area contributed by atoms with Crippen LogP contribution in [0.4, 0.5) is 14.5 Å². The Balaban J connectivity index is 1.86. The number of halogens is 3. The van der Waals surface area contributed by atoms with Gasteiger partial charge in [0.15, 0.2) is 0 Å². The van der Waals surface area contributed by atoms with Crippen molar-refractivity contribution < 1.29 is 8.78 Å². The molecule has 1 heterocycles. The molecular formula is C18H14BrF2N. The molecule has 2 aromatic rings. The van der Waals surface area contributed by atoms with Crippen LogP contribution in [0.5, 0.6) is 0 Å². The van der Waals surface area contributed by atoms with E-state index in [-0.39, 0.29) is 17.9 Å². The van der Waals surface area contributed by atoms with Crippen LogP contribution in [-0.4, -0.2) is 0 Å². The Kier molecular flexibility index (Phi) is 3.30. The van der Waals surface area contributed by atoms with Crippen molar-refractivity contribution in [3.63, 3.8) is 0 Å². The summed E-state index contributed by atoms with van der Waals surface area (Å²) in [7, 11) is 0. The van der Waals surface area contributed by atoms with Gasteiger partial charge in [0, 0.05) is 16.5 Å². The molecule has 1 nitrogen and oxygen atoms in total. The van der Waals surface area contributed by atoms with Crippen LogP contribution in [0.15, 0.2) is 53.0 Å². The third-order valence-electron chi connectivity index (χ3n) is 4.63. The summed E-state index contributed by atoms with van der Waals surface area (Å²) >= 11 is 3.58. The van der Waals surface area contributed by atoms with Gasteiger partial charge in [0.2, 0.25) is 0 Å². The molecule has 0 fully saturated rings. The molecule has 0 bridgehead atoms. The molecule has 0 saturated carbocycles. The number of hydrogen-bond acceptors (Lipinski definition) is 1. The molecule has 0 unspecified atom stereocenters. The molecule has 0 aromatic heterocycles. The summed E-state index contributed by atoms with van der Waals surface area (Å²) in [5.41, 5.74) is 2.25. The number of anilines is 1. The molecule has 4 rings (SSSR count). The second-order valence-corrected chi connectivity index (χ2v) is 6.70. The van der Waals surface area contributed by atoms with Crippen LogP contribution in [0.3, 0.4) is 0 Å². The molecule has 2 aromatic carbocycles. The molecule has 3 atom stereocenters. The van der Waals surface area contributed by atoms with Gasteiger partial charge in [0.05, 0.1) is 11.7 Å². The molecule has 0 spiro atoms. The summed E-state index contributed by atoms with van der Waals surface area (Å²) < 4.78 is 28.8. The highest BCUT2D eigenvalue weighted by molar-refractivity contribution is 9.10. The Morgan fingerprint density at radius 3 is 2.73 bits per heavy atom. The second-order valence-electron chi connectivity index (χ2n) is 5.85. The molecule has 1 aliphatic heterocycles. The molecule has 0 radical (unpaired) electrons. The van der Waals surface area contributed by atoms with Gasteiger partial charge in [0.1, 0.15) is 11.6 Å². The van der Waals surface area contributed by atoms with E-state index in [4.69, 9.17) is 0 Å². The van der Waals surface area contributed by atoms with Crippen LogP contribution >= 0.6 is 15.9 Å². The minimum Gasteiger partial charge on any atom is -0.375 e. The Morgan fingerprint density at radius 2 is 1.91 bits per heavy atom. The van der Waals surface area contributed by atoms with Crippen LogP contribution in [-0.2, 0) is 0 Å². The van der Waals surface area contributed by atoms with Gasteiger partial charge in [-0.05, 0) is 35.6 Å². The predicted octanol–water partition coefficient (Wildman–Crippen LogP) is 5.55. The lowest BCUT2D eigenvalue weighted by Gasteiger charge is -2.38. The fraction of sp³-hybridized carbons (Fsp3) is 0.222. The van der Waals surface area contributed by atoms with Gasteiger partial charge < -0.3 is 5.32 Å². The maximum atomic E-state index is 14.2. The third kappa shape index (κ3) is 2.09. The lowest BCUT2D eigenvalue weighted by Crippen LogP contribution is -2.30. The smallest absolute Gasteiger partial charge is 0.149 e. The van der Waals surface area contributed by atoms with E-state index < -0.39 is 11.6 Å². The van der Waals surface area contributed by atoms with Crippen molar-refractivity contribution in [3.05, 3.63) is 75.8 Å². The van der Waals surface area contributed by atoms with Gasteiger partial charge in [0.25, 0.3) is 0 Å². The Bertz CT molecular complexity index is 772. The van der Waals surface area contributed by atoms with Gasteiger partial charge >= 0.3 is 0 Å². The summed E-state index contributed by atoms with van der Waals surface area (Å²) in [6, 6.07) is 10.4. The van der Waals surface area contributed by atoms with Crippen LogP contribution < -0.4 is 5.32 Å². The molecule has 0 saturated heterocycles. The quantitative estimate of drug-likeness (QED) is 0.656. The van der Waals surface area contributed by atoms with Crippen molar-refractivity contribution >= 4 is 21.6 Å². The molecule has 0 amide bonds. The fourth-order valence-electron chi connectivity index (χ4n) is 3.66. The van der Waals surface area contributed by atoms with Crippen LogP contribution in [0.1, 0.15) is 29.5 Å². The zero-order valence-corrected chi connectivity index (χ0v) is 13.3. The highest BCUT2D eigenvalue weighted by Crippen LogP contribution is 2.51. The van der Waals surface area contributed by atoms with E-state index in [1.807, 2.05) is 24.3 Å². The van der Waals surface area contributed by atoms with E-state index in [1.165, 1.54) is 6.07 Å². The fourth-order valence-corrected chi connectivity index (χ4v) is 4.19. The number of nitrogens with one attached hydrogen (secondary N) is 1. The minimum atomic E-state index is -0.522. The molecule has 4 heteroatoms. The van der Waals surface area contributed by atoms with Crippen molar-refractivity contribution in [2.75, 3.05) is 5.32 Å². The lowest BCUT2D eigenvalue weighted by molar-refractivity contribution is 0.417. The first-order chi connectivity index (χ1) is 10.6. The monoisotopic (exact) mass is 361 g/mol. The van der Waals surface area contributed by atoms with Crippen LogP contribution in [0.2, 0.25) is 0 Å². The number of rotatable bonds is 1. The van der Waals surface area contributed by atoms with E-state index in [0.717, 1.165) is 28.1 Å². The topological polar surface area (TPSA) is 12.0 Å². The first kappa shape index (κ1) is 13.9. The Labute approximate surface area is 136 Å². The van der Waals surface area contributed by atoms with E-state index in [0.29, 0.717) is 5.69 Å². The maximum Gasteiger partial charge on any atom is 0.149 e. The molecule has 1 N–H and O–H groups in total. The summed E-state index contributed by atoms with van der Waals surface area (Å²) in [6.45, 7) is 0. The number of hydrogen-bond donors (Lipinski definition) is 1. The van der Waals surface area contributed by atoms with E-state index in [2.05, 4.69) is 33.4 Å². The largest absolute Gasteiger partial charge is 0.375 e. The minimum absolute atomic E-state index is 0.00281. The van der Waals surface area contributed by atoms with Gasteiger partial charge in [-0.25, -0.2) is 8.78 Å². The molecule has 2 aliphatic rings. The SMILES string of the molecule is Fc1cc(F)c2c(c1)[C@@H]1C=CC[C@H]1[C@@H](c1ccccc1Br)N2. The van der Waals surface area contributed by atoms with Crippen molar-refractivity contribution in [2.24, 2.45) is 5.92 Å². The maximum absolute atomic E-state index is 14.2. The van der Waals surface area contributed by atoms with Gasteiger partial charge in [-0.15, -0.1) is 0 Å². The van der Waals surface area contributed by atoms with Gasteiger partial charge in [-0.1, -0.05) is 46.3 Å². The third-order valence-corrected chi connectivity index (χ3v) is 5.35. The van der Waals surface area contributed by atoms with Gasteiger partial charge in [-0.3, -0.25) is 0 Å². The molecule has 22 heavy (non-hydrogen) atoms. The van der Waals surface area contributed by atoms with Crippen molar-refractivity contribution in [3.8, 4) is 0 Å². The highest BCUT2D eigenvalue weighted by atomic mass is 79.9. The average molecular weight is 362 g/mol. The number of allylic oxidation sites excluding steroid dienone is 2. The highest BCUT2D eigenvalue weighted by Gasteiger charge is 2.39. The standard InChI is InChI=1S/C18H14BrF2N/c19-15-7-2-1-4-13(15)17-12-6-3-5-11(12)14-8-10(20)9-16(21)18(14)22-17/h1-5,7-9,11-12,17,22H,6H2/t11-,12-,17+/m1/s1. The predicted molar refractivity (Wildman–Crippen MR) is 86.9 cm³/mol. The van der Waals surface area contributed by atoms with Gasteiger partial charge in [-0.2, -0.15) is 0 Å². The van der Waals surface area contributed by atoms with Crippen molar-refractivity contribution in [1.82, 2.24) is 0 Å². The number of benzene rings is 2. The van der Waals surface area contributed by atoms with E-state index >= 15 is 0 Å².